The van der Waals surface area contributed by atoms with Crippen molar-refractivity contribution in [2.45, 2.75) is 6.42 Å². The monoisotopic (exact) mass is 409 g/mol. The molecule has 4 rings (SSSR count). The number of benzene rings is 1. The van der Waals surface area contributed by atoms with E-state index in [0.717, 1.165) is 27.9 Å². The van der Waals surface area contributed by atoms with Crippen LogP contribution in [0.15, 0.2) is 55.8 Å². The van der Waals surface area contributed by atoms with Gasteiger partial charge in [-0.1, -0.05) is 12.1 Å². The van der Waals surface area contributed by atoms with Crippen LogP contribution in [0.25, 0.3) is 22.2 Å². The van der Waals surface area contributed by atoms with Crippen LogP contribution in [0, 0.1) is 11.8 Å². The molecule has 1 fully saturated rings. The lowest BCUT2D eigenvalue weighted by atomic mass is 10.1. The molecule has 2 heterocycles. The van der Waals surface area contributed by atoms with Gasteiger partial charge in [0.1, 0.15) is 11.6 Å². The lowest BCUT2D eigenvalue weighted by Crippen LogP contribution is -2.18. The van der Waals surface area contributed by atoms with E-state index in [0.29, 0.717) is 12.2 Å². The van der Waals surface area contributed by atoms with Crippen molar-refractivity contribution in [2.24, 2.45) is 18.9 Å². The van der Waals surface area contributed by atoms with Gasteiger partial charge in [0.2, 0.25) is 5.91 Å². The number of methoxy groups -OCH3 is 2. The van der Waals surface area contributed by atoms with Crippen LogP contribution in [-0.4, -0.2) is 35.6 Å². The van der Waals surface area contributed by atoms with Gasteiger partial charge in [0.25, 0.3) is 0 Å². The fourth-order valence-electron chi connectivity index (χ4n) is 3.53. The SMILES string of the molecule is C=C.COC(=O)[C@@H]1C[C@@H]1C(=O)Nc1cc2cc(-c3ccccc3OC)n(C)c2cn1.[HH]. The number of hydrogen-bond donors (Lipinski definition) is 1. The maximum absolute atomic E-state index is 12.3. The second-order valence-corrected chi connectivity index (χ2v) is 6.88. The molecule has 30 heavy (non-hydrogen) atoms. The maximum atomic E-state index is 12.3. The van der Waals surface area contributed by atoms with Gasteiger partial charge in [0.15, 0.2) is 0 Å². The Morgan fingerprint density at radius 2 is 1.93 bits per heavy atom. The Hall–Kier alpha value is -3.61. The summed E-state index contributed by atoms with van der Waals surface area (Å²) < 4.78 is 12.2. The molecule has 0 spiro atoms. The van der Waals surface area contributed by atoms with Gasteiger partial charge in [-0.15, -0.1) is 13.2 Å². The van der Waals surface area contributed by atoms with Crippen LogP contribution in [-0.2, 0) is 21.4 Å². The second-order valence-electron chi connectivity index (χ2n) is 6.88. The number of hydrogen-bond acceptors (Lipinski definition) is 5. The number of aryl methyl sites for hydroxylation is 1. The number of nitrogens with zero attached hydrogens (tertiary/aromatic N) is 2. The number of esters is 1. The Kier molecular flexibility index (Phi) is 6.20. The minimum absolute atomic E-state index is 0. The van der Waals surface area contributed by atoms with Crippen molar-refractivity contribution in [2.75, 3.05) is 19.5 Å². The summed E-state index contributed by atoms with van der Waals surface area (Å²) in [6, 6.07) is 11.7. The standard InChI is InChI=1S/C21H21N3O4.C2H4.H2/c1-24-16(13-6-4-5-7-18(13)27-2)8-12-9-19(22-11-17(12)24)23-20(25)14-10-15(14)21(26)28-3;1-2;/h4-9,11,14-15H,10H2,1-3H3,(H,22,23,25);1-2H2;1H/t14-,15+;;/m0../s1. The highest BCUT2D eigenvalue weighted by Gasteiger charge is 2.49. The van der Waals surface area contributed by atoms with Gasteiger partial charge >= 0.3 is 5.97 Å². The van der Waals surface area contributed by atoms with Crippen molar-refractivity contribution in [1.29, 1.82) is 0 Å². The molecule has 158 valence electrons. The lowest BCUT2D eigenvalue weighted by Gasteiger charge is -2.09. The summed E-state index contributed by atoms with van der Waals surface area (Å²) in [6.07, 6.45) is 2.25. The second kappa shape index (κ2) is 8.82. The predicted molar refractivity (Wildman–Crippen MR) is 118 cm³/mol. The minimum Gasteiger partial charge on any atom is -0.496 e. The van der Waals surface area contributed by atoms with E-state index >= 15 is 0 Å². The molecule has 0 saturated heterocycles. The first-order chi connectivity index (χ1) is 14.5. The number of carbonyl (C=O) groups excluding carboxylic acids is 2. The number of anilines is 1. The fourth-order valence-corrected chi connectivity index (χ4v) is 3.53. The molecule has 7 nitrogen and oxygen atoms in total. The average Bonchev–Trinajstić information content (AvgIpc) is 3.53. The Morgan fingerprint density at radius 1 is 1.20 bits per heavy atom. The molecule has 0 bridgehead atoms. The van der Waals surface area contributed by atoms with E-state index in [2.05, 4.69) is 23.5 Å². The van der Waals surface area contributed by atoms with Gasteiger partial charge in [0.05, 0.1) is 43.5 Å². The predicted octanol–water partition coefficient (Wildman–Crippen LogP) is 4.04. The fraction of sp³-hybridized carbons (Fsp3) is 0.261. The summed E-state index contributed by atoms with van der Waals surface area (Å²) in [6.45, 7) is 6.00. The number of nitrogens with one attached hydrogen (secondary N) is 1. The molecule has 0 aliphatic heterocycles. The third-order valence-corrected chi connectivity index (χ3v) is 5.19. The van der Waals surface area contributed by atoms with E-state index in [-0.39, 0.29) is 25.1 Å². The van der Waals surface area contributed by atoms with Crippen LogP contribution in [0.4, 0.5) is 5.82 Å². The topological polar surface area (TPSA) is 82.5 Å². The molecule has 1 aliphatic rings. The van der Waals surface area contributed by atoms with Gasteiger partial charge in [-0.2, -0.15) is 0 Å². The van der Waals surface area contributed by atoms with E-state index in [9.17, 15) is 9.59 Å². The number of pyridine rings is 1. The number of carbonyl (C=O) groups is 2. The lowest BCUT2D eigenvalue weighted by molar-refractivity contribution is -0.143. The smallest absolute Gasteiger partial charge is 0.309 e. The Morgan fingerprint density at radius 3 is 2.63 bits per heavy atom. The highest BCUT2D eigenvalue weighted by molar-refractivity contribution is 5.99. The van der Waals surface area contributed by atoms with Gasteiger partial charge < -0.3 is 19.4 Å². The van der Waals surface area contributed by atoms with Gasteiger partial charge in [-0.25, -0.2) is 4.98 Å². The molecule has 0 unspecified atom stereocenters. The third kappa shape index (κ3) is 3.91. The number of para-hydroxylation sites is 1. The van der Waals surface area contributed by atoms with Gasteiger partial charge in [-0.05, 0) is 30.7 Å². The van der Waals surface area contributed by atoms with Crippen molar-refractivity contribution < 1.29 is 20.5 Å². The van der Waals surface area contributed by atoms with Crippen LogP contribution < -0.4 is 10.1 Å². The quantitative estimate of drug-likeness (QED) is 0.508. The third-order valence-electron chi connectivity index (χ3n) is 5.19. The van der Waals surface area contributed by atoms with Crippen molar-refractivity contribution in [3.63, 3.8) is 0 Å². The molecule has 7 heteroatoms. The molecule has 0 radical (unpaired) electrons. The number of aromatic nitrogens is 2. The Bertz CT molecular complexity index is 1100. The summed E-state index contributed by atoms with van der Waals surface area (Å²) in [5, 5.41) is 3.76. The summed E-state index contributed by atoms with van der Waals surface area (Å²) in [5.74, 6) is 0.0198. The van der Waals surface area contributed by atoms with Crippen molar-refractivity contribution >= 4 is 28.6 Å². The van der Waals surface area contributed by atoms with Gasteiger partial charge in [0, 0.05) is 19.4 Å². The molecule has 2 atom stereocenters. The van der Waals surface area contributed by atoms with E-state index in [1.54, 1.807) is 13.3 Å². The van der Waals surface area contributed by atoms with Crippen LogP contribution in [0.3, 0.4) is 0 Å². The van der Waals surface area contributed by atoms with E-state index in [1.807, 2.05) is 48.0 Å². The van der Waals surface area contributed by atoms with Crippen molar-refractivity contribution in [1.82, 2.24) is 9.55 Å². The molecule has 1 N–H and O–H groups in total. The van der Waals surface area contributed by atoms with E-state index in [4.69, 9.17) is 9.47 Å². The van der Waals surface area contributed by atoms with Gasteiger partial charge in [-0.3, -0.25) is 9.59 Å². The first-order valence-corrected chi connectivity index (χ1v) is 9.51. The normalized spacial score (nSPS) is 16.9. The minimum atomic E-state index is -0.345. The summed E-state index contributed by atoms with van der Waals surface area (Å²) in [4.78, 5) is 28.2. The molecule has 1 amide bonds. The van der Waals surface area contributed by atoms with Crippen molar-refractivity contribution in [3.05, 3.63) is 55.8 Å². The molecular formula is C23H27N3O4. The molecule has 3 aromatic rings. The number of ether oxygens (including phenoxy) is 2. The van der Waals surface area contributed by atoms with Crippen LogP contribution in [0.1, 0.15) is 7.85 Å². The number of fused-ring (bicyclic) bond motifs is 1. The summed E-state index contributed by atoms with van der Waals surface area (Å²) in [5.41, 5.74) is 2.91. The molecule has 1 saturated carbocycles. The molecule has 1 aromatic carbocycles. The highest BCUT2D eigenvalue weighted by Crippen LogP contribution is 2.40. The molecular weight excluding hydrogens is 382 g/mol. The summed E-state index contributed by atoms with van der Waals surface area (Å²) in [7, 11) is 4.95. The summed E-state index contributed by atoms with van der Waals surface area (Å²) >= 11 is 0. The number of amides is 1. The van der Waals surface area contributed by atoms with Crippen LogP contribution in [0.5, 0.6) is 5.75 Å². The highest BCUT2D eigenvalue weighted by atomic mass is 16.5. The number of rotatable bonds is 5. The first-order valence-electron chi connectivity index (χ1n) is 9.51. The van der Waals surface area contributed by atoms with E-state index < -0.39 is 0 Å². The Labute approximate surface area is 176 Å². The average molecular weight is 409 g/mol. The van der Waals surface area contributed by atoms with Crippen molar-refractivity contribution in [3.8, 4) is 17.0 Å². The molecule has 2 aromatic heterocycles. The van der Waals surface area contributed by atoms with Crippen LogP contribution >= 0.6 is 0 Å². The van der Waals surface area contributed by atoms with E-state index in [1.165, 1.54) is 7.11 Å². The Balaban J connectivity index is 0.00000111. The zero-order valence-electron chi connectivity index (χ0n) is 17.3. The zero-order valence-corrected chi connectivity index (χ0v) is 17.3. The molecule has 1 aliphatic carbocycles. The largest absolute Gasteiger partial charge is 0.496 e. The van der Waals surface area contributed by atoms with Crippen LogP contribution in [0.2, 0.25) is 0 Å². The maximum Gasteiger partial charge on any atom is 0.309 e. The zero-order chi connectivity index (χ0) is 21.8. The first kappa shape index (κ1) is 21.1.